The molecule has 1 heterocycles. The molecule has 0 fully saturated rings. The van der Waals surface area contributed by atoms with Crippen LogP contribution in [-0.4, -0.2) is 32.4 Å². The first kappa shape index (κ1) is 20.7. The number of rotatable bonds is 7. The van der Waals surface area contributed by atoms with Crippen molar-refractivity contribution in [1.82, 2.24) is 4.31 Å². The zero-order valence-electron chi connectivity index (χ0n) is 12.1. The van der Waals surface area contributed by atoms with Gasteiger partial charge >= 0.3 is 0 Å². The summed E-state index contributed by atoms with van der Waals surface area (Å²) in [4.78, 5) is 0.0469. The molecule has 0 spiro atoms. The molecule has 0 radical (unpaired) electrons. The third kappa shape index (κ3) is 5.32. The quantitative estimate of drug-likeness (QED) is 0.750. The number of hydrogen-bond donors (Lipinski definition) is 1. The molecule has 0 aliphatic rings. The smallest absolute Gasteiger partial charge is 0.245 e. The number of benzene rings is 1. The predicted molar refractivity (Wildman–Crippen MR) is 99.5 cm³/mol. The van der Waals surface area contributed by atoms with Crippen LogP contribution in [0.2, 0.25) is 8.67 Å². The van der Waals surface area contributed by atoms with Crippen molar-refractivity contribution in [2.45, 2.75) is 11.3 Å². The molecule has 0 aliphatic heterocycles. The van der Waals surface area contributed by atoms with Crippen LogP contribution in [0.4, 0.5) is 0 Å². The summed E-state index contributed by atoms with van der Waals surface area (Å²) in [5.74, 6) is 0. The molecule has 0 aliphatic carbocycles. The van der Waals surface area contributed by atoms with Gasteiger partial charge in [0.2, 0.25) is 10.0 Å². The average molecular weight is 416 g/mol. The summed E-state index contributed by atoms with van der Waals surface area (Å²) in [7, 11) is -3.70. The lowest BCUT2D eigenvalue weighted by molar-refractivity contribution is 0.422. The second-order valence-electron chi connectivity index (χ2n) is 4.62. The van der Waals surface area contributed by atoms with Crippen LogP contribution in [0.15, 0.2) is 41.3 Å². The van der Waals surface area contributed by atoms with Crippen LogP contribution < -0.4 is 5.73 Å². The number of nitrogens with two attached hydrogens (primary N) is 1. The van der Waals surface area contributed by atoms with E-state index in [0.29, 0.717) is 17.3 Å². The maximum atomic E-state index is 12.7. The maximum Gasteiger partial charge on any atom is 0.245 e. The van der Waals surface area contributed by atoms with Gasteiger partial charge in [0.15, 0.2) is 0 Å². The molecule has 2 rings (SSSR count). The van der Waals surface area contributed by atoms with Gasteiger partial charge < -0.3 is 5.73 Å². The first-order chi connectivity index (χ1) is 10.4. The zero-order chi connectivity index (χ0) is 16.2. The van der Waals surface area contributed by atoms with E-state index in [1.54, 1.807) is 0 Å². The molecule has 1 aromatic heterocycles. The van der Waals surface area contributed by atoms with Crippen LogP contribution in [0.1, 0.15) is 5.56 Å². The number of thiophene rings is 1. The molecule has 0 saturated heterocycles. The number of hydrogen-bond acceptors (Lipinski definition) is 4. The van der Waals surface area contributed by atoms with E-state index in [9.17, 15) is 8.42 Å². The molecule has 9 heteroatoms. The predicted octanol–water partition coefficient (Wildman–Crippen LogP) is 3.67. The van der Waals surface area contributed by atoms with Crippen LogP contribution in [0.25, 0.3) is 0 Å². The largest absolute Gasteiger partial charge is 0.329 e. The summed E-state index contributed by atoms with van der Waals surface area (Å²) in [5.41, 5.74) is 6.62. The van der Waals surface area contributed by atoms with Gasteiger partial charge in [-0.1, -0.05) is 53.5 Å². The van der Waals surface area contributed by atoms with Gasteiger partial charge in [0.05, 0.1) is 4.34 Å². The molecule has 0 saturated carbocycles. The minimum Gasteiger partial charge on any atom is -0.329 e. The second-order valence-corrected chi connectivity index (χ2v) is 8.81. The molecule has 0 bridgehead atoms. The Labute approximate surface area is 156 Å². The standard InChI is InChI=1S/C14H16Cl2N2O2S2.ClH/c15-13-10-12(14(16)21-13)22(19,20)18(9-7-17)8-6-11-4-2-1-3-5-11;/h1-5,10H,6-9,17H2;1H. The Bertz CT molecular complexity index is 721. The first-order valence-electron chi connectivity index (χ1n) is 6.64. The maximum absolute atomic E-state index is 12.7. The summed E-state index contributed by atoms with van der Waals surface area (Å²) >= 11 is 12.9. The summed E-state index contributed by atoms with van der Waals surface area (Å²) in [6.07, 6.45) is 0.607. The molecule has 2 aromatic rings. The van der Waals surface area contributed by atoms with Crippen molar-refractivity contribution < 1.29 is 8.42 Å². The molecular formula is C14H17Cl3N2O2S2. The van der Waals surface area contributed by atoms with E-state index in [-0.39, 0.29) is 34.7 Å². The van der Waals surface area contributed by atoms with Crippen LogP contribution >= 0.6 is 46.9 Å². The fourth-order valence-electron chi connectivity index (χ4n) is 2.03. The van der Waals surface area contributed by atoms with Crippen molar-refractivity contribution in [3.8, 4) is 0 Å². The zero-order valence-corrected chi connectivity index (χ0v) is 16.1. The van der Waals surface area contributed by atoms with E-state index in [1.807, 2.05) is 30.3 Å². The summed E-state index contributed by atoms with van der Waals surface area (Å²) in [6, 6.07) is 11.1. The van der Waals surface area contributed by atoms with Crippen LogP contribution in [0.3, 0.4) is 0 Å². The molecule has 0 atom stereocenters. The van der Waals surface area contributed by atoms with Gasteiger partial charge in [-0.25, -0.2) is 8.42 Å². The lowest BCUT2D eigenvalue weighted by atomic mass is 10.1. The highest BCUT2D eigenvalue weighted by molar-refractivity contribution is 7.89. The molecule has 1 aromatic carbocycles. The van der Waals surface area contributed by atoms with Crippen LogP contribution in [0, 0.1) is 0 Å². The number of sulfonamides is 1. The number of halogens is 3. The fourth-order valence-corrected chi connectivity index (χ4v) is 5.60. The molecule has 2 N–H and O–H groups in total. The topological polar surface area (TPSA) is 63.4 Å². The van der Waals surface area contributed by atoms with Gasteiger partial charge in [-0.15, -0.1) is 23.7 Å². The Kier molecular flexibility index (Phi) is 8.30. The van der Waals surface area contributed by atoms with Gasteiger partial charge in [-0.3, -0.25) is 0 Å². The average Bonchev–Trinajstić information content (AvgIpc) is 2.84. The molecule has 128 valence electrons. The third-order valence-electron chi connectivity index (χ3n) is 3.11. The molecule has 23 heavy (non-hydrogen) atoms. The van der Waals surface area contributed by atoms with Crippen molar-refractivity contribution in [3.63, 3.8) is 0 Å². The van der Waals surface area contributed by atoms with Crippen molar-refractivity contribution in [3.05, 3.63) is 50.6 Å². The molecule has 0 amide bonds. The minimum absolute atomic E-state index is 0. The van der Waals surface area contributed by atoms with Gasteiger partial charge in [-0.2, -0.15) is 4.31 Å². The lowest BCUT2D eigenvalue weighted by Gasteiger charge is -2.21. The fraction of sp³-hybridized carbons (Fsp3) is 0.286. The van der Waals surface area contributed by atoms with Gasteiger partial charge in [0.1, 0.15) is 9.23 Å². The Morgan fingerprint density at radius 3 is 2.30 bits per heavy atom. The normalized spacial score (nSPS) is 11.5. The second kappa shape index (κ2) is 9.22. The lowest BCUT2D eigenvalue weighted by Crippen LogP contribution is -2.36. The Morgan fingerprint density at radius 2 is 1.78 bits per heavy atom. The highest BCUT2D eigenvalue weighted by Crippen LogP contribution is 2.35. The van der Waals surface area contributed by atoms with E-state index in [1.165, 1.54) is 10.4 Å². The van der Waals surface area contributed by atoms with Crippen LogP contribution in [0.5, 0.6) is 0 Å². The van der Waals surface area contributed by atoms with Gasteiger partial charge in [0.25, 0.3) is 0 Å². The molecule has 0 unspecified atom stereocenters. The van der Waals surface area contributed by atoms with Crippen LogP contribution in [-0.2, 0) is 16.4 Å². The van der Waals surface area contributed by atoms with E-state index < -0.39 is 10.0 Å². The summed E-state index contributed by atoms with van der Waals surface area (Å²) in [5, 5.41) is 0. The van der Waals surface area contributed by atoms with E-state index in [0.717, 1.165) is 16.9 Å². The van der Waals surface area contributed by atoms with E-state index >= 15 is 0 Å². The molecular weight excluding hydrogens is 399 g/mol. The van der Waals surface area contributed by atoms with Crippen molar-refractivity contribution in [2.24, 2.45) is 5.73 Å². The third-order valence-corrected chi connectivity index (χ3v) is 6.77. The highest BCUT2D eigenvalue weighted by atomic mass is 35.5. The highest BCUT2D eigenvalue weighted by Gasteiger charge is 2.27. The molecule has 4 nitrogen and oxygen atoms in total. The van der Waals surface area contributed by atoms with Crippen molar-refractivity contribution in [2.75, 3.05) is 19.6 Å². The van der Waals surface area contributed by atoms with Gasteiger partial charge in [0, 0.05) is 19.6 Å². The van der Waals surface area contributed by atoms with E-state index in [4.69, 9.17) is 28.9 Å². The SMILES string of the molecule is Cl.NCCN(CCc1ccccc1)S(=O)(=O)c1cc(Cl)sc1Cl. The summed E-state index contributed by atoms with van der Waals surface area (Å²) in [6.45, 7) is 0.815. The summed E-state index contributed by atoms with van der Waals surface area (Å²) < 4.78 is 27.3. The van der Waals surface area contributed by atoms with Crippen molar-refractivity contribution in [1.29, 1.82) is 0 Å². The Morgan fingerprint density at radius 1 is 1.13 bits per heavy atom. The minimum atomic E-state index is -3.70. The monoisotopic (exact) mass is 414 g/mol. The van der Waals surface area contributed by atoms with Crippen molar-refractivity contribution >= 4 is 57.0 Å². The Hall–Kier alpha value is -0.340. The van der Waals surface area contributed by atoms with E-state index in [2.05, 4.69) is 0 Å². The first-order valence-corrected chi connectivity index (χ1v) is 9.65. The Balaban J connectivity index is 0.00000264. The number of nitrogens with zero attached hydrogens (tertiary/aromatic N) is 1. The van der Waals surface area contributed by atoms with Gasteiger partial charge in [-0.05, 0) is 18.1 Å².